The number of hydrogen-bond acceptors (Lipinski definition) is 3. The molecule has 0 atom stereocenters. The number of fused-ring (bicyclic) bond motifs is 1. The molecule has 0 aromatic heterocycles. The van der Waals surface area contributed by atoms with Crippen LogP contribution in [0.3, 0.4) is 0 Å². The van der Waals surface area contributed by atoms with Gasteiger partial charge in [0.1, 0.15) is 5.75 Å². The summed E-state index contributed by atoms with van der Waals surface area (Å²) < 4.78 is 5.62. The molecule has 0 unspecified atom stereocenters. The van der Waals surface area contributed by atoms with E-state index in [1.54, 1.807) is 4.90 Å². The predicted molar refractivity (Wildman–Crippen MR) is 128 cm³/mol. The molecule has 1 aliphatic carbocycles. The fraction of sp³-hybridized carbons (Fsp3) is 0.462. The van der Waals surface area contributed by atoms with Crippen LogP contribution in [0.25, 0.3) is 0 Å². The van der Waals surface area contributed by atoms with Crippen molar-refractivity contribution < 1.29 is 14.3 Å². The van der Waals surface area contributed by atoms with Crippen molar-refractivity contribution in [3.8, 4) is 5.75 Å². The molecule has 0 bridgehead atoms. The fourth-order valence-corrected chi connectivity index (χ4v) is 4.80. The summed E-state index contributed by atoms with van der Waals surface area (Å²) in [5.74, 6) is 1.44. The number of hydrogen-bond donors (Lipinski definition) is 1. The van der Waals surface area contributed by atoms with E-state index in [1.165, 1.54) is 19.3 Å². The normalized spacial score (nSPS) is 20.4. The van der Waals surface area contributed by atoms with E-state index in [-0.39, 0.29) is 24.3 Å². The van der Waals surface area contributed by atoms with Crippen molar-refractivity contribution in [1.29, 1.82) is 0 Å². The van der Waals surface area contributed by atoms with Gasteiger partial charge in [-0.1, -0.05) is 49.9 Å². The third kappa shape index (κ3) is 5.44. The molecular formula is C26H31ClN2O3. The van der Waals surface area contributed by atoms with Gasteiger partial charge in [0.2, 0.25) is 5.91 Å². The van der Waals surface area contributed by atoms with Gasteiger partial charge in [0.05, 0.1) is 12.2 Å². The summed E-state index contributed by atoms with van der Waals surface area (Å²) in [7, 11) is 0. The van der Waals surface area contributed by atoms with Crippen LogP contribution in [0.2, 0.25) is 5.02 Å². The first-order valence-corrected chi connectivity index (χ1v) is 12.0. The Balaban J connectivity index is 1.43. The van der Waals surface area contributed by atoms with Gasteiger partial charge in [-0.2, -0.15) is 0 Å². The third-order valence-electron chi connectivity index (χ3n) is 6.61. The van der Waals surface area contributed by atoms with Crippen LogP contribution in [0.1, 0.15) is 57.4 Å². The Morgan fingerprint density at radius 1 is 1.12 bits per heavy atom. The maximum absolute atomic E-state index is 12.9. The van der Waals surface area contributed by atoms with Gasteiger partial charge in [-0.25, -0.2) is 0 Å². The van der Waals surface area contributed by atoms with Crippen LogP contribution in [0.5, 0.6) is 5.75 Å². The summed E-state index contributed by atoms with van der Waals surface area (Å²) in [4.78, 5) is 27.2. The van der Waals surface area contributed by atoms with Crippen LogP contribution < -0.4 is 15.0 Å². The summed E-state index contributed by atoms with van der Waals surface area (Å²) in [6.45, 7) is 2.66. The SMILES string of the molecule is CCCCC1CCC(C(=O)Nc2ccc3c(c2)N(Cc2ccc(Cl)cc2)C(=O)CO3)CC1. The van der Waals surface area contributed by atoms with Gasteiger partial charge in [0.15, 0.2) is 6.61 Å². The Morgan fingerprint density at radius 3 is 2.59 bits per heavy atom. The van der Waals surface area contributed by atoms with E-state index in [9.17, 15) is 9.59 Å². The molecular weight excluding hydrogens is 424 g/mol. The minimum atomic E-state index is -0.110. The first-order chi connectivity index (χ1) is 15.5. The van der Waals surface area contributed by atoms with E-state index in [2.05, 4.69) is 12.2 Å². The first kappa shape index (κ1) is 22.7. The molecule has 1 heterocycles. The van der Waals surface area contributed by atoms with Crippen molar-refractivity contribution in [2.24, 2.45) is 11.8 Å². The second-order valence-corrected chi connectivity index (χ2v) is 9.36. The number of halogens is 1. The van der Waals surface area contributed by atoms with Crippen molar-refractivity contribution in [2.45, 2.75) is 58.4 Å². The number of benzene rings is 2. The quantitative estimate of drug-likeness (QED) is 0.541. The lowest BCUT2D eigenvalue weighted by Crippen LogP contribution is -2.38. The van der Waals surface area contributed by atoms with E-state index in [4.69, 9.17) is 16.3 Å². The number of unbranched alkanes of at least 4 members (excludes halogenated alkanes) is 1. The van der Waals surface area contributed by atoms with E-state index < -0.39 is 0 Å². The summed E-state index contributed by atoms with van der Waals surface area (Å²) in [6.07, 6.45) is 7.99. The molecule has 0 spiro atoms. The average molecular weight is 455 g/mol. The molecule has 170 valence electrons. The number of rotatable bonds is 7. The highest BCUT2D eigenvalue weighted by atomic mass is 35.5. The molecule has 1 saturated carbocycles. The van der Waals surface area contributed by atoms with Gasteiger partial charge in [0.25, 0.3) is 5.91 Å². The van der Waals surface area contributed by atoms with Gasteiger partial charge >= 0.3 is 0 Å². The largest absolute Gasteiger partial charge is 0.482 e. The monoisotopic (exact) mass is 454 g/mol. The van der Waals surface area contributed by atoms with Crippen molar-refractivity contribution in [2.75, 3.05) is 16.8 Å². The lowest BCUT2D eigenvalue weighted by atomic mass is 9.79. The second-order valence-electron chi connectivity index (χ2n) is 8.93. The number of nitrogens with zero attached hydrogens (tertiary/aromatic N) is 1. The second kappa shape index (κ2) is 10.4. The van der Waals surface area contributed by atoms with Crippen LogP contribution in [-0.2, 0) is 16.1 Å². The molecule has 1 fully saturated rings. The molecule has 0 saturated heterocycles. The molecule has 1 N–H and O–H groups in total. The molecule has 2 amide bonds. The third-order valence-corrected chi connectivity index (χ3v) is 6.86. The van der Waals surface area contributed by atoms with Crippen molar-refractivity contribution in [1.82, 2.24) is 0 Å². The number of carbonyl (C=O) groups is 2. The maximum Gasteiger partial charge on any atom is 0.265 e. The molecule has 1 aliphatic heterocycles. The molecule has 2 aliphatic rings. The highest BCUT2D eigenvalue weighted by Gasteiger charge is 2.28. The summed E-state index contributed by atoms with van der Waals surface area (Å²) >= 11 is 5.99. The number of nitrogens with one attached hydrogen (secondary N) is 1. The zero-order valence-corrected chi connectivity index (χ0v) is 19.4. The van der Waals surface area contributed by atoms with Crippen molar-refractivity contribution in [3.63, 3.8) is 0 Å². The van der Waals surface area contributed by atoms with E-state index >= 15 is 0 Å². The van der Waals surface area contributed by atoms with Crippen LogP contribution in [0, 0.1) is 11.8 Å². The number of anilines is 2. The highest BCUT2D eigenvalue weighted by molar-refractivity contribution is 6.30. The lowest BCUT2D eigenvalue weighted by molar-refractivity contribution is -0.121. The Hall–Kier alpha value is -2.53. The van der Waals surface area contributed by atoms with E-state index in [0.717, 1.165) is 37.2 Å². The molecule has 4 rings (SSSR count). The van der Waals surface area contributed by atoms with Crippen LogP contribution in [0.15, 0.2) is 42.5 Å². The van der Waals surface area contributed by atoms with Gasteiger partial charge in [-0.15, -0.1) is 0 Å². The van der Waals surface area contributed by atoms with Gasteiger partial charge in [-0.05, 0) is 67.5 Å². The minimum Gasteiger partial charge on any atom is -0.482 e. The topological polar surface area (TPSA) is 58.6 Å². The van der Waals surface area contributed by atoms with Gasteiger partial charge in [0, 0.05) is 16.6 Å². The molecule has 32 heavy (non-hydrogen) atoms. The Labute approximate surface area is 195 Å². The minimum absolute atomic E-state index is 0.00751. The van der Waals surface area contributed by atoms with Crippen LogP contribution in [-0.4, -0.2) is 18.4 Å². The average Bonchev–Trinajstić information content (AvgIpc) is 2.81. The lowest BCUT2D eigenvalue weighted by Gasteiger charge is -2.30. The Kier molecular flexibility index (Phi) is 7.36. The predicted octanol–water partition coefficient (Wildman–Crippen LogP) is 6.20. The number of amides is 2. The molecule has 5 nitrogen and oxygen atoms in total. The van der Waals surface area contributed by atoms with E-state index in [1.807, 2.05) is 42.5 Å². The Bertz CT molecular complexity index is 952. The molecule has 6 heteroatoms. The maximum atomic E-state index is 12.9. The zero-order valence-electron chi connectivity index (χ0n) is 18.6. The number of ether oxygens (including phenoxy) is 1. The summed E-state index contributed by atoms with van der Waals surface area (Å²) in [6, 6.07) is 13.0. The highest BCUT2D eigenvalue weighted by Crippen LogP contribution is 2.37. The van der Waals surface area contributed by atoms with Crippen LogP contribution in [0.4, 0.5) is 11.4 Å². The van der Waals surface area contributed by atoms with E-state index in [0.29, 0.717) is 28.7 Å². The first-order valence-electron chi connectivity index (χ1n) is 11.7. The number of carbonyl (C=O) groups excluding carboxylic acids is 2. The summed E-state index contributed by atoms with van der Waals surface area (Å²) in [5, 5.41) is 3.74. The molecule has 2 aromatic rings. The van der Waals surface area contributed by atoms with Crippen molar-refractivity contribution >= 4 is 34.8 Å². The van der Waals surface area contributed by atoms with Gasteiger partial charge in [-0.3, -0.25) is 9.59 Å². The zero-order chi connectivity index (χ0) is 22.5. The van der Waals surface area contributed by atoms with Crippen LogP contribution >= 0.6 is 11.6 Å². The summed E-state index contributed by atoms with van der Waals surface area (Å²) in [5.41, 5.74) is 2.35. The van der Waals surface area contributed by atoms with Crippen molar-refractivity contribution in [3.05, 3.63) is 53.1 Å². The smallest absolute Gasteiger partial charge is 0.265 e. The fourth-order valence-electron chi connectivity index (χ4n) is 4.68. The molecule has 0 radical (unpaired) electrons. The molecule has 2 aromatic carbocycles. The van der Waals surface area contributed by atoms with Gasteiger partial charge < -0.3 is 15.0 Å². The Morgan fingerprint density at radius 2 is 1.88 bits per heavy atom. The standard InChI is InChI=1S/C26H31ClN2O3/c1-2-3-4-18-5-9-20(10-6-18)26(31)28-22-13-14-24-23(15-22)29(25(30)17-32-24)16-19-7-11-21(27)12-8-19/h7-8,11-15,18,20H,2-6,9-10,16-17H2,1H3,(H,28,31).